The van der Waals surface area contributed by atoms with Gasteiger partial charge in [0.05, 0.1) is 13.2 Å². The number of unbranched alkanes of at least 4 members (excludes halogenated alkanes) is 1. The van der Waals surface area contributed by atoms with Crippen molar-refractivity contribution in [3.8, 4) is 0 Å². The van der Waals surface area contributed by atoms with Crippen molar-refractivity contribution in [1.82, 2.24) is 0 Å². The highest BCUT2D eigenvalue weighted by molar-refractivity contribution is 5.86. The Labute approximate surface area is 117 Å². The zero-order valence-corrected chi connectivity index (χ0v) is 11.3. The third-order valence-corrected chi connectivity index (χ3v) is 2.16. The van der Waals surface area contributed by atoms with Crippen molar-refractivity contribution in [2.45, 2.75) is 38.3 Å². The van der Waals surface area contributed by atoms with Gasteiger partial charge in [-0.3, -0.25) is 4.79 Å². The fraction of sp³-hybridized carbons (Fsp3) is 0.667. The number of halogens is 5. The van der Waals surface area contributed by atoms with Crippen LogP contribution in [0.15, 0.2) is 12.2 Å². The van der Waals surface area contributed by atoms with Crippen molar-refractivity contribution in [2.24, 2.45) is 0 Å². The first-order chi connectivity index (χ1) is 9.47. The molecule has 122 valence electrons. The molecule has 21 heavy (non-hydrogen) atoms. The van der Waals surface area contributed by atoms with Crippen molar-refractivity contribution in [1.29, 1.82) is 0 Å². The number of carbonyl (C=O) groups is 2. The monoisotopic (exact) mass is 318 g/mol. The molecule has 0 bridgehead atoms. The number of rotatable bonds is 8. The Kier molecular flexibility index (Phi) is 7.31. The van der Waals surface area contributed by atoms with Crippen molar-refractivity contribution >= 4 is 11.9 Å². The highest BCUT2D eigenvalue weighted by Gasteiger charge is 2.58. The summed E-state index contributed by atoms with van der Waals surface area (Å²) >= 11 is 0. The minimum Gasteiger partial charge on any atom is -0.466 e. The first-order valence-electron chi connectivity index (χ1n) is 5.90. The minimum absolute atomic E-state index is 0.00194. The summed E-state index contributed by atoms with van der Waals surface area (Å²) in [7, 11) is 0. The summed E-state index contributed by atoms with van der Waals surface area (Å²) in [5.74, 6) is -7.35. The van der Waals surface area contributed by atoms with Gasteiger partial charge in [0.15, 0.2) is 0 Å². The van der Waals surface area contributed by atoms with Gasteiger partial charge in [-0.1, -0.05) is 6.58 Å². The Morgan fingerprint density at radius 1 is 1.00 bits per heavy atom. The number of carbonyl (C=O) groups excluding carboxylic acids is 2. The summed E-state index contributed by atoms with van der Waals surface area (Å²) in [5.41, 5.74) is 0.204. The summed E-state index contributed by atoms with van der Waals surface area (Å²) in [5, 5.41) is 0. The lowest BCUT2D eigenvalue weighted by Gasteiger charge is -2.18. The summed E-state index contributed by atoms with van der Waals surface area (Å²) in [4.78, 5) is 21.8. The van der Waals surface area contributed by atoms with Gasteiger partial charge >= 0.3 is 24.0 Å². The SMILES string of the molecule is C=C(C)C(=O)OCCCCOC(=O)CC(F)(F)C(F)(F)F. The van der Waals surface area contributed by atoms with E-state index in [4.69, 9.17) is 0 Å². The van der Waals surface area contributed by atoms with E-state index in [9.17, 15) is 31.5 Å². The molecule has 0 saturated carbocycles. The van der Waals surface area contributed by atoms with E-state index in [1.54, 1.807) is 0 Å². The van der Waals surface area contributed by atoms with Crippen LogP contribution in [0.5, 0.6) is 0 Å². The summed E-state index contributed by atoms with van der Waals surface area (Å²) < 4.78 is 69.3. The molecule has 4 nitrogen and oxygen atoms in total. The van der Waals surface area contributed by atoms with Crippen LogP contribution in [0.3, 0.4) is 0 Å². The number of alkyl halides is 5. The van der Waals surface area contributed by atoms with Crippen LogP contribution in [0.4, 0.5) is 22.0 Å². The molecule has 0 radical (unpaired) electrons. The summed E-state index contributed by atoms with van der Waals surface area (Å²) in [6.45, 7) is 4.46. The van der Waals surface area contributed by atoms with Gasteiger partial charge in [0.25, 0.3) is 0 Å². The number of hydrogen-bond acceptors (Lipinski definition) is 4. The average molecular weight is 318 g/mol. The zero-order chi connectivity index (χ0) is 16.7. The molecule has 0 aliphatic carbocycles. The van der Waals surface area contributed by atoms with Crippen LogP contribution in [0.2, 0.25) is 0 Å². The molecule has 0 rings (SSSR count). The highest BCUT2D eigenvalue weighted by atomic mass is 19.4. The predicted octanol–water partition coefficient (Wildman–Crippen LogP) is 3.02. The largest absolute Gasteiger partial charge is 0.466 e. The van der Waals surface area contributed by atoms with Crippen molar-refractivity contribution in [2.75, 3.05) is 13.2 Å². The first-order valence-corrected chi connectivity index (χ1v) is 5.90. The molecule has 0 amide bonds. The van der Waals surface area contributed by atoms with Crippen LogP contribution in [0.25, 0.3) is 0 Å². The van der Waals surface area contributed by atoms with Crippen LogP contribution in [0.1, 0.15) is 26.2 Å². The quantitative estimate of drug-likeness (QED) is 0.299. The second kappa shape index (κ2) is 7.94. The lowest BCUT2D eigenvalue weighted by atomic mass is 10.2. The normalized spacial score (nSPS) is 11.9. The van der Waals surface area contributed by atoms with Crippen molar-refractivity contribution < 1.29 is 41.0 Å². The molecule has 0 aliphatic heterocycles. The van der Waals surface area contributed by atoms with E-state index in [0.717, 1.165) is 0 Å². The molecule has 0 atom stereocenters. The van der Waals surface area contributed by atoms with Gasteiger partial charge in [0, 0.05) is 5.57 Å². The summed E-state index contributed by atoms with van der Waals surface area (Å²) in [6, 6.07) is 0. The van der Waals surface area contributed by atoms with Gasteiger partial charge < -0.3 is 9.47 Å². The molecule has 0 fully saturated rings. The molecule has 0 spiro atoms. The molecule has 0 unspecified atom stereocenters. The first kappa shape index (κ1) is 19.3. The fourth-order valence-electron chi connectivity index (χ4n) is 1.01. The Balaban J connectivity index is 3.82. The van der Waals surface area contributed by atoms with E-state index in [1.165, 1.54) is 6.92 Å². The van der Waals surface area contributed by atoms with Crippen LogP contribution in [-0.4, -0.2) is 37.3 Å². The smallest absolute Gasteiger partial charge is 0.453 e. The number of ether oxygens (including phenoxy) is 2. The molecule has 0 saturated heterocycles. The standard InChI is InChI=1S/C12H15F5O4/c1-8(2)10(19)21-6-4-3-5-20-9(18)7-11(13,14)12(15,16)17/h1,3-7H2,2H3. The molecular formula is C12H15F5O4. The molecule has 9 heteroatoms. The van der Waals surface area contributed by atoms with Gasteiger partial charge in [-0.25, -0.2) is 4.79 Å². The third kappa shape index (κ3) is 7.62. The Bertz CT molecular complexity index is 390. The van der Waals surface area contributed by atoms with Crippen LogP contribution < -0.4 is 0 Å². The van der Waals surface area contributed by atoms with E-state index < -0.39 is 30.5 Å². The van der Waals surface area contributed by atoms with E-state index in [0.29, 0.717) is 0 Å². The molecule has 0 aromatic rings. The minimum atomic E-state index is -5.79. The van der Waals surface area contributed by atoms with E-state index >= 15 is 0 Å². The number of hydrogen-bond donors (Lipinski definition) is 0. The van der Waals surface area contributed by atoms with Gasteiger partial charge in [0.1, 0.15) is 6.42 Å². The Morgan fingerprint density at radius 3 is 1.90 bits per heavy atom. The molecule has 0 aliphatic rings. The zero-order valence-electron chi connectivity index (χ0n) is 11.3. The van der Waals surface area contributed by atoms with Crippen LogP contribution in [-0.2, 0) is 19.1 Å². The second-order valence-electron chi connectivity index (χ2n) is 4.22. The van der Waals surface area contributed by atoms with E-state index in [2.05, 4.69) is 16.1 Å². The van der Waals surface area contributed by atoms with Crippen LogP contribution >= 0.6 is 0 Å². The van der Waals surface area contributed by atoms with Gasteiger partial charge in [-0.2, -0.15) is 22.0 Å². The predicted molar refractivity (Wildman–Crippen MR) is 61.6 cm³/mol. The maximum atomic E-state index is 12.5. The van der Waals surface area contributed by atoms with Gasteiger partial charge in [0.2, 0.25) is 0 Å². The molecule has 0 N–H and O–H groups in total. The van der Waals surface area contributed by atoms with Crippen LogP contribution in [0, 0.1) is 0 Å². The lowest BCUT2D eigenvalue weighted by molar-refractivity contribution is -0.283. The maximum absolute atomic E-state index is 12.5. The van der Waals surface area contributed by atoms with Gasteiger partial charge in [-0.15, -0.1) is 0 Å². The van der Waals surface area contributed by atoms with Gasteiger partial charge in [-0.05, 0) is 19.8 Å². The lowest BCUT2D eigenvalue weighted by Crippen LogP contribution is -2.38. The van der Waals surface area contributed by atoms with Crippen molar-refractivity contribution in [3.05, 3.63) is 12.2 Å². The Hall–Kier alpha value is -1.67. The second-order valence-corrected chi connectivity index (χ2v) is 4.22. The molecule has 0 heterocycles. The molecule has 0 aromatic heterocycles. The average Bonchev–Trinajstić information content (AvgIpc) is 2.30. The fourth-order valence-corrected chi connectivity index (χ4v) is 1.01. The maximum Gasteiger partial charge on any atom is 0.453 e. The van der Waals surface area contributed by atoms with Crippen molar-refractivity contribution in [3.63, 3.8) is 0 Å². The number of esters is 2. The Morgan fingerprint density at radius 2 is 1.48 bits per heavy atom. The van der Waals surface area contributed by atoms with E-state index in [-0.39, 0.29) is 31.6 Å². The third-order valence-electron chi connectivity index (χ3n) is 2.16. The van der Waals surface area contributed by atoms with E-state index in [1.807, 2.05) is 0 Å². The molecular weight excluding hydrogens is 303 g/mol. The molecule has 0 aromatic carbocycles. The highest BCUT2D eigenvalue weighted by Crippen LogP contribution is 2.38. The topological polar surface area (TPSA) is 52.6 Å². The summed E-state index contributed by atoms with van der Waals surface area (Å²) in [6.07, 6.45) is -7.42.